The molecule has 4 nitrogen and oxygen atoms in total. The third-order valence-electron chi connectivity index (χ3n) is 4.30. The minimum absolute atomic E-state index is 0.262. The van der Waals surface area contributed by atoms with Gasteiger partial charge in [0.05, 0.1) is 4.90 Å². The van der Waals surface area contributed by atoms with Gasteiger partial charge in [-0.1, -0.05) is 20.8 Å². The van der Waals surface area contributed by atoms with E-state index < -0.39 is 10.0 Å². The smallest absolute Gasteiger partial charge is 0.243 e. The summed E-state index contributed by atoms with van der Waals surface area (Å²) in [6.45, 7) is 8.72. The van der Waals surface area contributed by atoms with Crippen LogP contribution in [-0.4, -0.2) is 32.9 Å². The third-order valence-corrected chi connectivity index (χ3v) is 7.26. The largest absolute Gasteiger partial charge is 0.315 e. The number of nitrogens with zero attached hydrogens (tertiary/aromatic N) is 1. The van der Waals surface area contributed by atoms with Gasteiger partial charge in [-0.25, -0.2) is 8.42 Å². The van der Waals surface area contributed by atoms with Gasteiger partial charge >= 0.3 is 0 Å². The summed E-state index contributed by atoms with van der Waals surface area (Å²) in [4.78, 5) is 1.51. The van der Waals surface area contributed by atoms with Crippen LogP contribution < -0.4 is 5.32 Å². The molecule has 0 saturated carbocycles. The molecule has 6 heteroatoms. The Hall–Kier alpha value is -0.430. The Morgan fingerprint density at radius 1 is 1.33 bits per heavy atom. The van der Waals surface area contributed by atoms with E-state index in [0.29, 0.717) is 30.4 Å². The van der Waals surface area contributed by atoms with Crippen LogP contribution in [0.15, 0.2) is 16.3 Å². The molecule has 1 saturated heterocycles. The molecule has 0 unspecified atom stereocenters. The highest BCUT2D eigenvalue weighted by atomic mass is 32.2. The van der Waals surface area contributed by atoms with Crippen LogP contribution >= 0.6 is 11.3 Å². The molecule has 0 aliphatic carbocycles. The molecule has 0 amide bonds. The van der Waals surface area contributed by atoms with Gasteiger partial charge in [-0.2, -0.15) is 4.31 Å². The number of rotatable bonds is 4. The maximum atomic E-state index is 12.7. The first kappa shape index (κ1) is 16.9. The van der Waals surface area contributed by atoms with Crippen molar-refractivity contribution in [2.45, 2.75) is 45.1 Å². The zero-order chi connectivity index (χ0) is 15.7. The highest BCUT2D eigenvalue weighted by Gasteiger charge is 2.34. The molecule has 0 radical (unpaired) electrons. The van der Waals surface area contributed by atoms with Crippen molar-refractivity contribution in [1.82, 2.24) is 9.62 Å². The SMILES string of the molecule is CNCc1cc(S(=O)(=O)N2CCC(C(C)(C)C)CC2)cs1. The summed E-state index contributed by atoms with van der Waals surface area (Å²) in [5.41, 5.74) is 0.262. The van der Waals surface area contributed by atoms with E-state index in [4.69, 9.17) is 0 Å². The first-order chi connectivity index (χ1) is 9.75. The van der Waals surface area contributed by atoms with Crippen molar-refractivity contribution in [3.05, 3.63) is 16.3 Å². The van der Waals surface area contributed by atoms with E-state index in [0.717, 1.165) is 17.7 Å². The fourth-order valence-corrected chi connectivity index (χ4v) is 5.62. The van der Waals surface area contributed by atoms with Gasteiger partial charge in [0.2, 0.25) is 10.0 Å². The Kier molecular flexibility index (Phi) is 5.13. The molecule has 1 aromatic rings. The molecule has 21 heavy (non-hydrogen) atoms. The molecule has 1 fully saturated rings. The zero-order valence-corrected chi connectivity index (χ0v) is 15.0. The van der Waals surface area contributed by atoms with E-state index in [1.165, 1.54) is 11.3 Å². The van der Waals surface area contributed by atoms with Crippen LogP contribution in [0.1, 0.15) is 38.5 Å². The van der Waals surface area contributed by atoms with Crippen LogP contribution in [0.4, 0.5) is 0 Å². The second kappa shape index (κ2) is 6.36. The summed E-state index contributed by atoms with van der Waals surface area (Å²) >= 11 is 1.50. The molecular weight excluding hydrogens is 304 g/mol. The van der Waals surface area contributed by atoms with E-state index in [-0.39, 0.29) is 5.41 Å². The minimum Gasteiger partial charge on any atom is -0.315 e. The lowest BCUT2D eigenvalue weighted by molar-refractivity contribution is 0.154. The third kappa shape index (κ3) is 3.86. The molecule has 1 aromatic heterocycles. The first-order valence-corrected chi connectivity index (χ1v) is 9.79. The Balaban J connectivity index is 2.07. The maximum absolute atomic E-state index is 12.7. The molecule has 0 atom stereocenters. The summed E-state index contributed by atoms with van der Waals surface area (Å²) in [5.74, 6) is 0.603. The fourth-order valence-electron chi connectivity index (χ4n) is 2.87. The van der Waals surface area contributed by atoms with Crippen molar-refractivity contribution < 1.29 is 8.42 Å². The van der Waals surface area contributed by atoms with Crippen LogP contribution in [0.25, 0.3) is 0 Å². The Morgan fingerprint density at radius 2 is 1.95 bits per heavy atom. The van der Waals surface area contributed by atoms with Crippen molar-refractivity contribution >= 4 is 21.4 Å². The number of thiophene rings is 1. The Labute approximate surface area is 132 Å². The quantitative estimate of drug-likeness (QED) is 0.923. The predicted octanol–water partition coefficient (Wildman–Crippen LogP) is 2.91. The second-order valence-corrected chi connectivity index (χ2v) is 9.76. The highest BCUT2D eigenvalue weighted by Crippen LogP contribution is 2.36. The molecule has 1 aliphatic heterocycles. The molecule has 120 valence electrons. The lowest BCUT2D eigenvalue weighted by Crippen LogP contribution is -2.41. The molecular formula is C15H26N2O2S2. The van der Waals surface area contributed by atoms with Crippen molar-refractivity contribution in [1.29, 1.82) is 0 Å². The number of piperidine rings is 1. The Morgan fingerprint density at radius 3 is 2.48 bits per heavy atom. The van der Waals surface area contributed by atoms with Gasteiger partial charge < -0.3 is 5.32 Å². The second-order valence-electron chi connectivity index (χ2n) is 6.82. The van der Waals surface area contributed by atoms with E-state index in [2.05, 4.69) is 26.1 Å². The van der Waals surface area contributed by atoms with Gasteiger partial charge in [-0.05, 0) is 37.3 Å². The molecule has 0 spiro atoms. The van der Waals surface area contributed by atoms with Crippen molar-refractivity contribution in [3.8, 4) is 0 Å². The van der Waals surface area contributed by atoms with Gasteiger partial charge in [-0.15, -0.1) is 11.3 Å². The summed E-state index contributed by atoms with van der Waals surface area (Å²) in [5, 5.41) is 4.81. The van der Waals surface area contributed by atoms with Crippen LogP contribution in [0.3, 0.4) is 0 Å². The molecule has 0 bridgehead atoms. The molecule has 1 N–H and O–H groups in total. The summed E-state index contributed by atoms with van der Waals surface area (Å²) in [6, 6.07) is 1.80. The number of hydrogen-bond donors (Lipinski definition) is 1. The molecule has 2 rings (SSSR count). The van der Waals surface area contributed by atoms with E-state index in [9.17, 15) is 8.42 Å². The zero-order valence-electron chi connectivity index (χ0n) is 13.3. The number of sulfonamides is 1. The van der Waals surface area contributed by atoms with Crippen LogP contribution in [-0.2, 0) is 16.6 Å². The van der Waals surface area contributed by atoms with Crippen molar-refractivity contribution in [2.24, 2.45) is 11.3 Å². The minimum atomic E-state index is -3.31. The topological polar surface area (TPSA) is 49.4 Å². The molecule has 2 heterocycles. The van der Waals surface area contributed by atoms with Gasteiger partial charge in [0, 0.05) is 29.9 Å². The molecule has 0 aromatic carbocycles. The average Bonchev–Trinajstić information content (AvgIpc) is 2.88. The summed E-state index contributed by atoms with van der Waals surface area (Å²) < 4.78 is 27.0. The predicted molar refractivity (Wildman–Crippen MR) is 88.0 cm³/mol. The number of hydrogen-bond acceptors (Lipinski definition) is 4. The van der Waals surface area contributed by atoms with Gasteiger partial charge in [0.1, 0.15) is 0 Å². The van der Waals surface area contributed by atoms with E-state index in [1.54, 1.807) is 15.8 Å². The van der Waals surface area contributed by atoms with Gasteiger partial charge in [0.15, 0.2) is 0 Å². The fraction of sp³-hybridized carbons (Fsp3) is 0.733. The monoisotopic (exact) mass is 330 g/mol. The maximum Gasteiger partial charge on any atom is 0.243 e. The average molecular weight is 331 g/mol. The van der Waals surface area contributed by atoms with Crippen LogP contribution in [0.5, 0.6) is 0 Å². The molecule has 1 aliphatic rings. The van der Waals surface area contributed by atoms with Crippen LogP contribution in [0.2, 0.25) is 0 Å². The summed E-state index contributed by atoms with van der Waals surface area (Å²) in [7, 11) is -1.45. The van der Waals surface area contributed by atoms with Gasteiger partial charge in [-0.3, -0.25) is 0 Å². The van der Waals surface area contributed by atoms with Gasteiger partial charge in [0.25, 0.3) is 0 Å². The first-order valence-electron chi connectivity index (χ1n) is 7.47. The lowest BCUT2D eigenvalue weighted by Gasteiger charge is -2.38. The van der Waals surface area contributed by atoms with E-state index >= 15 is 0 Å². The van der Waals surface area contributed by atoms with Crippen molar-refractivity contribution in [3.63, 3.8) is 0 Å². The lowest BCUT2D eigenvalue weighted by atomic mass is 9.76. The van der Waals surface area contributed by atoms with Crippen LogP contribution in [0, 0.1) is 11.3 Å². The standard InChI is InChI=1S/C15H26N2O2S2/c1-15(2,3)12-5-7-17(8-6-12)21(18,19)14-9-13(10-16-4)20-11-14/h9,11-12,16H,5-8,10H2,1-4H3. The van der Waals surface area contributed by atoms with E-state index in [1.807, 2.05) is 7.05 Å². The summed E-state index contributed by atoms with van der Waals surface area (Å²) in [6.07, 6.45) is 1.91. The normalized spacial score (nSPS) is 19.0. The Bertz CT molecular complexity index is 565. The number of nitrogens with one attached hydrogen (secondary N) is 1. The van der Waals surface area contributed by atoms with Crippen molar-refractivity contribution in [2.75, 3.05) is 20.1 Å². The highest BCUT2D eigenvalue weighted by molar-refractivity contribution is 7.89.